The van der Waals surface area contributed by atoms with Crippen LogP contribution in [0, 0.1) is 13.8 Å². The summed E-state index contributed by atoms with van der Waals surface area (Å²) in [5.74, 6) is 0. The summed E-state index contributed by atoms with van der Waals surface area (Å²) in [6, 6.07) is 10.7. The van der Waals surface area contributed by atoms with Crippen LogP contribution in [0.2, 0.25) is 0 Å². The molecular formula is C14H16BrNS. The van der Waals surface area contributed by atoms with Gasteiger partial charge in [0.25, 0.3) is 0 Å². The van der Waals surface area contributed by atoms with Crippen LogP contribution in [0.4, 0.5) is 0 Å². The number of rotatable bonds is 4. The van der Waals surface area contributed by atoms with Crippen molar-refractivity contribution < 1.29 is 0 Å². The van der Waals surface area contributed by atoms with Crippen LogP contribution >= 0.6 is 27.3 Å². The molecule has 0 spiro atoms. The first-order valence-corrected chi connectivity index (χ1v) is 7.28. The average Bonchev–Trinajstić information content (AvgIpc) is 2.69. The molecule has 0 bridgehead atoms. The molecule has 3 heteroatoms. The Morgan fingerprint density at radius 2 is 1.76 bits per heavy atom. The minimum atomic E-state index is 0.935. The van der Waals surface area contributed by atoms with Gasteiger partial charge in [-0.05, 0) is 58.6 Å². The lowest BCUT2D eigenvalue weighted by Gasteiger charge is -2.10. The van der Waals surface area contributed by atoms with Crippen molar-refractivity contribution in [3.63, 3.8) is 0 Å². The minimum absolute atomic E-state index is 0.935. The lowest BCUT2D eigenvalue weighted by Crippen LogP contribution is -2.13. The second-order valence-electron chi connectivity index (χ2n) is 4.18. The van der Waals surface area contributed by atoms with E-state index in [1.807, 2.05) is 0 Å². The zero-order valence-corrected chi connectivity index (χ0v) is 12.5. The number of thiophene rings is 1. The largest absolute Gasteiger partial charge is 0.308 e. The topological polar surface area (TPSA) is 12.0 Å². The highest BCUT2D eigenvalue weighted by Gasteiger charge is 2.02. The van der Waals surface area contributed by atoms with Crippen LogP contribution in [0.1, 0.15) is 21.6 Å². The highest BCUT2D eigenvalue weighted by Crippen LogP contribution is 2.22. The van der Waals surface area contributed by atoms with Gasteiger partial charge in [0.15, 0.2) is 0 Å². The molecule has 0 atom stereocenters. The average molecular weight is 310 g/mol. The van der Waals surface area contributed by atoms with E-state index in [1.54, 1.807) is 11.3 Å². The molecule has 0 aliphatic rings. The predicted octanol–water partition coefficient (Wildman–Crippen LogP) is 4.42. The lowest BCUT2D eigenvalue weighted by molar-refractivity contribution is 0.695. The highest BCUT2D eigenvalue weighted by atomic mass is 79.9. The van der Waals surface area contributed by atoms with Crippen molar-refractivity contribution in [2.45, 2.75) is 26.9 Å². The fourth-order valence-electron chi connectivity index (χ4n) is 1.89. The Morgan fingerprint density at radius 3 is 2.35 bits per heavy atom. The molecule has 1 aromatic carbocycles. The van der Waals surface area contributed by atoms with Gasteiger partial charge in [-0.3, -0.25) is 0 Å². The van der Waals surface area contributed by atoms with Gasteiger partial charge in [-0.15, -0.1) is 11.3 Å². The van der Waals surface area contributed by atoms with Gasteiger partial charge < -0.3 is 5.32 Å². The quantitative estimate of drug-likeness (QED) is 0.881. The highest BCUT2D eigenvalue weighted by molar-refractivity contribution is 9.11. The van der Waals surface area contributed by atoms with Crippen LogP contribution in [-0.4, -0.2) is 0 Å². The Labute approximate surface area is 115 Å². The molecule has 0 saturated carbocycles. The van der Waals surface area contributed by atoms with Crippen molar-refractivity contribution in [2.75, 3.05) is 0 Å². The number of nitrogens with one attached hydrogen (secondary N) is 1. The number of aryl methyl sites for hydroxylation is 2. The normalized spacial score (nSPS) is 10.8. The monoisotopic (exact) mass is 309 g/mol. The second kappa shape index (κ2) is 5.80. The van der Waals surface area contributed by atoms with E-state index >= 15 is 0 Å². The third kappa shape index (κ3) is 3.41. The van der Waals surface area contributed by atoms with Crippen LogP contribution in [0.3, 0.4) is 0 Å². The maximum atomic E-state index is 3.50. The van der Waals surface area contributed by atoms with E-state index in [-0.39, 0.29) is 0 Å². The molecule has 0 fully saturated rings. The van der Waals surface area contributed by atoms with Crippen molar-refractivity contribution >= 4 is 27.3 Å². The van der Waals surface area contributed by atoms with Crippen LogP contribution in [-0.2, 0) is 13.1 Å². The van der Waals surface area contributed by atoms with E-state index in [1.165, 1.54) is 25.4 Å². The zero-order chi connectivity index (χ0) is 12.3. The number of halogens is 1. The summed E-state index contributed by atoms with van der Waals surface area (Å²) in [6.07, 6.45) is 0. The summed E-state index contributed by atoms with van der Waals surface area (Å²) in [4.78, 5) is 1.36. The van der Waals surface area contributed by atoms with E-state index in [0.717, 1.165) is 13.1 Å². The molecule has 0 saturated heterocycles. The first-order chi connectivity index (χ1) is 8.16. The Balaban J connectivity index is 1.94. The van der Waals surface area contributed by atoms with Crippen LogP contribution in [0.5, 0.6) is 0 Å². The molecule has 17 heavy (non-hydrogen) atoms. The van der Waals surface area contributed by atoms with E-state index in [0.29, 0.717) is 0 Å². The van der Waals surface area contributed by atoms with Gasteiger partial charge in [0.2, 0.25) is 0 Å². The van der Waals surface area contributed by atoms with Crippen molar-refractivity contribution in [1.82, 2.24) is 5.32 Å². The summed E-state index contributed by atoms with van der Waals surface area (Å²) >= 11 is 5.27. The maximum absolute atomic E-state index is 3.50. The van der Waals surface area contributed by atoms with Gasteiger partial charge in [0, 0.05) is 18.0 Å². The zero-order valence-electron chi connectivity index (χ0n) is 10.1. The molecule has 1 aromatic heterocycles. The summed E-state index contributed by atoms with van der Waals surface area (Å²) in [5, 5.41) is 3.50. The van der Waals surface area contributed by atoms with E-state index in [4.69, 9.17) is 0 Å². The lowest BCUT2D eigenvalue weighted by atomic mass is 10.0. The predicted molar refractivity (Wildman–Crippen MR) is 78.5 cm³/mol. The number of hydrogen-bond acceptors (Lipinski definition) is 2. The van der Waals surface area contributed by atoms with E-state index < -0.39 is 0 Å². The molecule has 1 heterocycles. The van der Waals surface area contributed by atoms with Gasteiger partial charge in [-0.1, -0.05) is 18.2 Å². The molecule has 0 unspecified atom stereocenters. The molecule has 0 aliphatic carbocycles. The Hall–Kier alpha value is -0.640. The fraction of sp³-hybridized carbons (Fsp3) is 0.286. The van der Waals surface area contributed by atoms with Gasteiger partial charge >= 0.3 is 0 Å². The smallest absolute Gasteiger partial charge is 0.0701 e. The van der Waals surface area contributed by atoms with Crippen molar-refractivity contribution in [3.05, 3.63) is 55.7 Å². The van der Waals surface area contributed by atoms with Crippen LogP contribution in [0.25, 0.3) is 0 Å². The van der Waals surface area contributed by atoms with Crippen molar-refractivity contribution in [2.24, 2.45) is 0 Å². The molecule has 2 aromatic rings. The summed E-state index contributed by atoms with van der Waals surface area (Å²) in [5.41, 5.74) is 4.15. The molecular weight excluding hydrogens is 294 g/mol. The molecule has 1 nitrogen and oxygen atoms in total. The Morgan fingerprint density at radius 1 is 1.06 bits per heavy atom. The summed E-state index contributed by atoms with van der Waals surface area (Å²) < 4.78 is 1.20. The Kier molecular flexibility index (Phi) is 4.37. The molecule has 0 aliphatic heterocycles. The van der Waals surface area contributed by atoms with Gasteiger partial charge in [-0.25, -0.2) is 0 Å². The van der Waals surface area contributed by atoms with Crippen molar-refractivity contribution in [1.29, 1.82) is 0 Å². The third-order valence-electron chi connectivity index (χ3n) is 2.87. The number of hydrogen-bond donors (Lipinski definition) is 1. The van der Waals surface area contributed by atoms with Gasteiger partial charge in [0.1, 0.15) is 0 Å². The van der Waals surface area contributed by atoms with E-state index in [2.05, 4.69) is 65.4 Å². The maximum Gasteiger partial charge on any atom is 0.0701 e. The third-order valence-corrected chi connectivity index (χ3v) is 4.50. The molecule has 0 amide bonds. The first kappa shape index (κ1) is 12.8. The summed E-state index contributed by atoms with van der Waals surface area (Å²) in [7, 11) is 0. The molecule has 1 N–H and O–H groups in total. The standard InChI is InChI=1S/C14H16BrNS/c1-10-4-3-5-11(2)13(10)9-16-8-12-6-7-14(15)17-12/h3-7,16H,8-9H2,1-2H3. The SMILES string of the molecule is Cc1cccc(C)c1CNCc1ccc(Br)s1. The summed E-state index contributed by atoms with van der Waals surface area (Å²) in [6.45, 7) is 6.22. The molecule has 90 valence electrons. The van der Waals surface area contributed by atoms with Gasteiger partial charge in [-0.2, -0.15) is 0 Å². The van der Waals surface area contributed by atoms with Gasteiger partial charge in [0.05, 0.1) is 3.79 Å². The minimum Gasteiger partial charge on any atom is -0.308 e. The fourth-order valence-corrected chi connectivity index (χ4v) is 3.34. The second-order valence-corrected chi connectivity index (χ2v) is 6.73. The first-order valence-electron chi connectivity index (χ1n) is 5.67. The molecule has 0 radical (unpaired) electrons. The van der Waals surface area contributed by atoms with Crippen molar-refractivity contribution in [3.8, 4) is 0 Å². The molecule has 2 rings (SSSR count). The number of benzene rings is 1. The Bertz CT molecular complexity index is 484. The van der Waals surface area contributed by atoms with E-state index in [9.17, 15) is 0 Å². The van der Waals surface area contributed by atoms with Crippen LogP contribution in [0.15, 0.2) is 34.1 Å². The van der Waals surface area contributed by atoms with Crippen LogP contribution < -0.4 is 5.32 Å².